The van der Waals surface area contributed by atoms with Gasteiger partial charge in [-0.3, -0.25) is 24.4 Å². The lowest BCUT2D eigenvalue weighted by Gasteiger charge is -2.16. The van der Waals surface area contributed by atoms with Crippen molar-refractivity contribution in [3.05, 3.63) is 46.3 Å². The van der Waals surface area contributed by atoms with E-state index in [0.717, 1.165) is 25.7 Å². The van der Waals surface area contributed by atoms with Crippen molar-refractivity contribution >= 4 is 28.9 Å². The zero-order valence-electron chi connectivity index (χ0n) is 16.4. The van der Waals surface area contributed by atoms with E-state index in [0.29, 0.717) is 11.4 Å². The maximum atomic E-state index is 12.7. The summed E-state index contributed by atoms with van der Waals surface area (Å²) < 4.78 is 1.44. The molecule has 2 N–H and O–H groups in total. The van der Waals surface area contributed by atoms with Gasteiger partial charge in [-0.15, -0.1) is 0 Å². The number of rotatable bonds is 7. The van der Waals surface area contributed by atoms with Gasteiger partial charge in [0.25, 0.3) is 11.6 Å². The maximum Gasteiger partial charge on any atom is 0.270 e. The number of nitrogens with zero attached hydrogens (tertiary/aromatic N) is 4. The fourth-order valence-corrected chi connectivity index (χ4v) is 3.41. The molecule has 0 saturated heterocycles. The largest absolute Gasteiger partial charge is 0.377 e. The van der Waals surface area contributed by atoms with E-state index in [4.69, 9.17) is 0 Å². The molecule has 1 fully saturated rings. The minimum atomic E-state index is -0.544. The molecule has 10 heteroatoms. The molecule has 2 amide bonds. The van der Waals surface area contributed by atoms with E-state index in [1.165, 1.54) is 29.1 Å². The van der Waals surface area contributed by atoms with Crippen LogP contribution in [0, 0.1) is 10.1 Å². The molecular weight excluding hydrogens is 376 g/mol. The first-order valence-electron chi connectivity index (χ1n) is 9.42. The highest BCUT2D eigenvalue weighted by atomic mass is 16.6. The Morgan fingerprint density at radius 1 is 1.31 bits per heavy atom. The predicted octanol–water partition coefficient (Wildman–Crippen LogP) is 2.17. The maximum absolute atomic E-state index is 12.7. The summed E-state index contributed by atoms with van der Waals surface area (Å²) >= 11 is 0. The van der Waals surface area contributed by atoms with Crippen LogP contribution in [0.5, 0.6) is 0 Å². The molecule has 10 nitrogen and oxygen atoms in total. The topological polar surface area (TPSA) is 122 Å². The van der Waals surface area contributed by atoms with Crippen molar-refractivity contribution in [1.82, 2.24) is 15.1 Å². The van der Waals surface area contributed by atoms with Gasteiger partial charge in [-0.1, -0.05) is 12.8 Å². The van der Waals surface area contributed by atoms with Gasteiger partial charge in [-0.05, 0) is 18.9 Å². The van der Waals surface area contributed by atoms with Crippen molar-refractivity contribution in [3.63, 3.8) is 0 Å². The minimum Gasteiger partial charge on any atom is -0.377 e. The second-order valence-corrected chi connectivity index (χ2v) is 7.28. The summed E-state index contributed by atoms with van der Waals surface area (Å²) in [7, 11) is 3.50. The number of non-ortho nitro benzene ring substituents is 1. The van der Waals surface area contributed by atoms with Crippen LogP contribution in [0.4, 0.5) is 17.1 Å². The number of hydrogen-bond donors (Lipinski definition) is 2. The SMILES string of the molecule is CN(C)c1ccc([N+](=O)[O-])cc1C(=O)Nc1cnn(CC(=O)NC2CCCC2)c1. The number of nitrogens with one attached hydrogen (secondary N) is 2. The van der Waals surface area contributed by atoms with Crippen molar-refractivity contribution in [2.75, 3.05) is 24.3 Å². The second-order valence-electron chi connectivity index (χ2n) is 7.28. The van der Waals surface area contributed by atoms with Crippen molar-refractivity contribution in [1.29, 1.82) is 0 Å². The highest BCUT2D eigenvalue weighted by molar-refractivity contribution is 6.08. The average molecular weight is 400 g/mol. The lowest BCUT2D eigenvalue weighted by Crippen LogP contribution is -2.35. The third-order valence-corrected chi connectivity index (χ3v) is 4.83. The lowest BCUT2D eigenvalue weighted by molar-refractivity contribution is -0.384. The third kappa shape index (κ3) is 5.09. The van der Waals surface area contributed by atoms with E-state index in [-0.39, 0.29) is 29.7 Å². The summed E-state index contributed by atoms with van der Waals surface area (Å²) in [6.07, 6.45) is 7.27. The molecular formula is C19H24N6O4. The first kappa shape index (κ1) is 20.3. The summed E-state index contributed by atoms with van der Waals surface area (Å²) in [5.41, 5.74) is 0.965. The molecule has 1 saturated carbocycles. The fourth-order valence-electron chi connectivity index (χ4n) is 3.41. The molecule has 3 rings (SSSR count). The van der Waals surface area contributed by atoms with Gasteiger partial charge in [0.2, 0.25) is 5.91 Å². The highest BCUT2D eigenvalue weighted by Gasteiger charge is 2.20. The Morgan fingerprint density at radius 3 is 2.69 bits per heavy atom. The van der Waals surface area contributed by atoms with E-state index in [1.54, 1.807) is 25.2 Å². The zero-order valence-corrected chi connectivity index (χ0v) is 16.4. The molecule has 0 bridgehead atoms. The van der Waals surface area contributed by atoms with Gasteiger partial charge in [0.1, 0.15) is 6.54 Å². The van der Waals surface area contributed by atoms with Crippen LogP contribution in [0.15, 0.2) is 30.6 Å². The Kier molecular flexibility index (Phi) is 6.10. The third-order valence-electron chi connectivity index (χ3n) is 4.83. The number of aromatic nitrogens is 2. The number of nitro benzene ring substituents is 1. The van der Waals surface area contributed by atoms with E-state index in [9.17, 15) is 19.7 Å². The van der Waals surface area contributed by atoms with Crippen LogP contribution >= 0.6 is 0 Å². The molecule has 1 aliphatic carbocycles. The van der Waals surface area contributed by atoms with Crippen LogP contribution in [-0.2, 0) is 11.3 Å². The van der Waals surface area contributed by atoms with Gasteiger partial charge >= 0.3 is 0 Å². The average Bonchev–Trinajstić information content (AvgIpc) is 3.33. The summed E-state index contributed by atoms with van der Waals surface area (Å²) in [6, 6.07) is 4.36. The van der Waals surface area contributed by atoms with Gasteiger partial charge < -0.3 is 15.5 Å². The van der Waals surface area contributed by atoms with Crippen molar-refractivity contribution in [3.8, 4) is 0 Å². The van der Waals surface area contributed by atoms with Crippen molar-refractivity contribution in [2.24, 2.45) is 0 Å². The van der Waals surface area contributed by atoms with Gasteiger partial charge in [0, 0.05) is 44.2 Å². The van der Waals surface area contributed by atoms with E-state index < -0.39 is 10.8 Å². The van der Waals surface area contributed by atoms with Crippen molar-refractivity contribution in [2.45, 2.75) is 38.3 Å². The van der Waals surface area contributed by atoms with E-state index >= 15 is 0 Å². The van der Waals surface area contributed by atoms with Gasteiger partial charge in [0.05, 0.1) is 22.4 Å². The highest BCUT2D eigenvalue weighted by Crippen LogP contribution is 2.25. The molecule has 1 heterocycles. The van der Waals surface area contributed by atoms with Crippen molar-refractivity contribution < 1.29 is 14.5 Å². The molecule has 0 unspecified atom stereocenters. The Hall–Kier alpha value is -3.43. The first-order valence-corrected chi connectivity index (χ1v) is 9.42. The molecule has 0 aliphatic heterocycles. The molecule has 1 aromatic carbocycles. The van der Waals surface area contributed by atoms with Gasteiger partial charge in [-0.25, -0.2) is 0 Å². The summed E-state index contributed by atoms with van der Waals surface area (Å²) in [4.78, 5) is 37.0. The number of amides is 2. The number of carbonyl (C=O) groups excluding carboxylic acids is 2. The van der Waals surface area contributed by atoms with Gasteiger partial charge in [-0.2, -0.15) is 5.10 Å². The van der Waals surface area contributed by atoms with Crippen LogP contribution in [-0.4, -0.2) is 46.7 Å². The first-order chi connectivity index (χ1) is 13.8. The predicted molar refractivity (Wildman–Crippen MR) is 108 cm³/mol. The minimum absolute atomic E-state index is 0.0616. The standard InChI is InChI=1S/C19H24N6O4/c1-23(2)17-8-7-15(25(28)29)9-16(17)19(27)22-14-10-20-24(11-14)12-18(26)21-13-5-3-4-6-13/h7-11,13H,3-6,12H2,1-2H3,(H,21,26)(H,22,27). The van der Waals surface area contributed by atoms with Crippen LogP contribution in [0.3, 0.4) is 0 Å². The molecule has 0 spiro atoms. The molecule has 29 heavy (non-hydrogen) atoms. The lowest BCUT2D eigenvalue weighted by atomic mass is 10.1. The van der Waals surface area contributed by atoms with Crippen LogP contribution in [0.1, 0.15) is 36.0 Å². The smallest absolute Gasteiger partial charge is 0.270 e. The number of benzene rings is 1. The quantitative estimate of drug-likeness (QED) is 0.542. The zero-order chi connectivity index (χ0) is 21.0. The Bertz CT molecular complexity index is 917. The number of anilines is 2. The summed E-state index contributed by atoms with van der Waals surface area (Å²) in [5, 5.41) is 20.8. The van der Waals surface area contributed by atoms with Gasteiger partial charge in [0.15, 0.2) is 0 Å². The second kappa shape index (κ2) is 8.72. The Balaban J connectivity index is 1.67. The Labute approximate surface area is 168 Å². The number of nitro groups is 1. The molecule has 0 radical (unpaired) electrons. The fraction of sp³-hybridized carbons (Fsp3) is 0.421. The van der Waals surface area contributed by atoms with Crippen LogP contribution in [0.25, 0.3) is 0 Å². The summed E-state index contributed by atoms with van der Waals surface area (Å²) in [6.45, 7) is 0.0616. The molecule has 1 aromatic heterocycles. The van der Waals surface area contributed by atoms with Crippen LogP contribution < -0.4 is 15.5 Å². The number of hydrogen-bond acceptors (Lipinski definition) is 6. The normalized spacial score (nSPS) is 13.9. The Morgan fingerprint density at radius 2 is 2.03 bits per heavy atom. The molecule has 2 aromatic rings. The number of carbonyl (C=O) groups is 2. The van der Waals surface area contributed by atoms with Crippen LogP contribution in [0.2, 0.25) is 0 Å². The molecule has 1 aliphatic rings. The van der Waals surface area contributed by atoms with E-state index in [2.05, 4.69) is 15.7 Å². The monoisotopic (exact) mass is 400 g/mol. The van der Waals surface area contributed by atoms with E-state index in [1.807, 2.05) is 0 Å². The molecule has 154 valence electrons. The molecule has 0 atom stereocenters. The summed E-state index contributed by atoms with van der Waals surface area (Å²) in [5.74, 6) is -0.612.